The van der Waals surface area contributed by atoms with Crippen molar-refractivity contribution in [1.82, 2.24) is 0 Å². The quantitative estimate of drug-likeness (QED) is 0.113. The van der Waals surface area contributed by atoms with Gasteiger partial charge in [0, 0.05) is 16.7 Å². The average Bonchev–Trinajstić information content (AvgIpc) is 3.03. The van der Waals surface area contributed by atoms with Crippen LogP contribution in [0.2, 0.25) is 0 Å². The highest BCUT2D eigenvalue weighted by Crippen LogP contribution is 2.42. The van der Waals surface area contributed by atoms with E-state index in [-0.39, 0.29) is 10.6 Å². The molecule has 0 aliphatic carbocycles. The highest BCUT2D eigenvalue weighted by molar-refractivity contribution is 9.10. The van der Waals surface area contributed by atoms with Gasteiger partial charge in [-0.05, 0) is 46.9 Å². The number of para-hydroxylation sites is 2. The van der Waals surface area contributed by atoms with Crippen molar-refractivity contribution >= 4 is 21.7 Å². The highest BCUT2D eigenvalue weighted by Gasteiger charge is 2.20. The molecule has 0 radical (unpaired) electrons. The van der Waals surface area contributed by atoms with Crippen LogP contribution in [0.1, 0.15) is 34.8 Å². The van der Waals surface area contributed by atoms with Crippen LogP contribution < -0.4 is 9.47 Å². The summed E-state index contributed by atoms with van der Waals surface area (Å²) in [7, 11) is 0. The maximum absolute atomic E-state index is 13.2. The van der Waals surface area contributed by atoms with E-state index in [0.29, 0.717) is 25.2 Å². The number of carbonyl (C=O) groups is 1. The molecule has 5 aromatic carbocycles. The van der Waals surface area contributed by atoms with Gasteiger partial charge in [0.2, 0.25) is 0 Å². The Kier molecular flexibility index (Phi) is 9.10. The minimum atomic E-state index is -0.239. The first-order chi connectivity index (χ1) is 19.6. The molecule has 5 rings (SSSR count). The molecule has 4 heteroatoms. The summed E-state index contributed by atoms with van der Waals surface area (Å²) >= 11 is 3.55. The van der Waals surface area contributed by atoms with Crippen molar-refractivity contribution in [3.8, 4) is 33.8 Å². The number of ether oxygens (including phenoxy) is 2. The molecule has 0 N–H and O–H groups in total. The zero-order valence-electron chi connectivity index (χ0n) is 22.4. The molecule has 0 amide bonds. The molecule has 40 heavy (non-hydrogen) atoms. The van der Waals surface area contributed by atoms with Crippen molar-refractivity contribution in [1.29, 1.82) is 0 Å². The largest absolute Gasteiger partial charge is 0.488 e. The third kappa shape index (κ3) is 6.52. The van der Waals surface area contributed by atoms with Crippen molar-refractivity contribution in [2.75, 3.05) is 0 Å². The van der Waals surface area contributed by atoms with E-state index in [4.69, 9.17) is 9.47 Å². The fourth-order valence-corrected chi connectivity index (χ4v) is 4.89. The molecule has 1 atom stereocenters. The Bertz CT molecular complexity index is 1560. The van der Waals surface area contributed by atoms with Gasteiger partial charge < -0.3 is 9.47 Å². The summed E-state index contributed by atoms with van der Waals surface area (Å²) in [5.41, 5.74) is 6.61. The standard InChI is InChI=1S/C36H31BrO3/c1-2-33(37)36(38)28-21-22-29(30-17-9-11-19-34(30)39-24-26-13-5-3-6-14-26)32(23-28)31-18-10-12-20-35(31)40-25-27-15-7-4-8-16-27/h3-23,33H,2,24-25H2,1H3. The predicted molar refractivity (Wildman–Crippen MR) is 166 cm³/mol. The first-order valence-electron chi connectivity index (χ1n) is 13.5. The van der Waals surface area contributed by atoms with Crippen LogP contribution >= 0.6 is 15.9 Å². The van der Waals surface area contributed by atoms with Gasteiger partial charge in [-0.15, -0.1) is 0 Å². The lowest BCUT2D eigenvalue weighted by Gasteiger charge is -2.19. The minimum Gasteiger partial charge on any atom is -0.488 e. The number of hydrogen-bond donors (Lipinski definition) is 0. The molecule has 0 aliphatic heterocycles. The van der Waals surface area contributed by atoms with Crippen molar-refractivity contribution < 1.29 is 14.3 Å². The molecule has 200 valence electrons. The van der Waals surface area contributed by atoms with E-state index in [1.54, 1.807) is 0 Å². The van der Waals surface area contributed by atoms with E-state index in [1.165, 1.54) is 0 Å². The van der Waals surface area contributed by atoms with E-state index in [9.17, 15) is 4.79 Å². The molecule has 0 aliphatic rings. The maximum Gasteiger partial charge on any atom is 0.176 e. The molecule has 1 unspecified atom stereocenters. The summed E-state index contributed by atoms with van der Waals surface area (Å²) in [5, 5.41) is 0. The van der Waals surface area contributed by atoms with Crippen LogP contribution in [0.25, 0.3) is 22.3 Å². The second kappa shape index (κ2) is 13.3. The van der Waals surface area contributed by atoms with Crippen LogP contribution in [-0.2, 0) is 13.2 Å². The number of rotatable bonds is 11. The molecule has 0 aromatic heterocycles. The Labute approximate surface area is 244 Å². The van der Waals surface area contributed by atoms with Crippen molar-refractivity contribution in [3.63, 3.8) is 0 Å². The smallest absolute Gasteiger partial charge is 0.176 e. The summed E-state index contributed by atoms with van der Waals surface area (Å²) in [6.07, 6.45) is 0.711. The highest BCUT2D eigenvalue weighted by atomic mass is 79.9. The Morgan fingerprint density at radius 1 is 0.600 bits per heavy atom. The molecule has 0 fully saturated rings. The summed E-state index contributed by atoms with van der Waals surface area (Å²) in [4.78, 5) is 13.0. The van der Waals surface area contributed by atoms with Gasteiger partial charge >= 0.3 is 0 Å². The van der Waals surface area contributed by atoms with Gasteiger partial charge in [-0.2, -0.15) is 0 Å². The zero-order valence-corrected chi connectivity index (χ0v) is 24.0. The van der Waals surface area contributed by atoms with Gasteiger partial charge in [-0.1, -0.05) is 132 Å². The van der Waals surface area contributed by atoms with Crippen LogP contribution in [-0.4, -0.2) is 10.6 Å². The van der Waals surface area contributed by atoms with Crippen molar-refractivity contribution in [2.24, 2.45) is 0 Å². The van der Waals surface area contributed by atoms with Gasteiger partial charge in [-0.3, -0.25) is 4.79 Å². The van der Waals surface area contributed by atoms with Crippen LogP contribution in [0.3, 0.4) is 0 Å². The van der Waals surface area contributed by atoms with Gasteiger partial charge in [-0.25, -0.2) is 0 Å². The van der Waals surface area contributed by atoms with Gasteiger partial charge in [0.05, 0.1) is 4.83 Å². The predicted octanol–water partition coefficient (Wildman–Crippen LogP) is 9.53. The number of Topliss-reactive ketones (excluding diaryl/α,β-unsaturated/α-hetero) is 1. The Morgan fingerprint density at radius 2 is 1.07 bits per heavy atom. The van der Waals surface area contributed by atoms with E-state index in [2.05, 4.69) is 46.3 Å². The molecule has 3 nitrogen and oxygen atoms in total. The lowest BCUT2D eigenvalue weighted by Crippen LogP contribution is -2.13. The van der Waals surface area contributed by atoms with Crippen LogP contribution in [0.4, 0.5) is 0 Å². The Hall–Kier alpha value is -4.15. The number of hydrogen-bond acceptors (Lipinski definition) is 3. The fourth-order valence-electron chi connectivity index (χ4n) is 4.62. The lowest BCUT2D eigenvalue weighted by molar-refractivity contribution is 0.0990. The van der Waals surface area contributed by atoms with E-state index in [1.807, 2.05) is 104 Å². The van der Waals surface area contributed by atoms with E-state index in [0.717, 1.165) is 44.9 Å². The molecule has 5 aromatic rings. The third-order valence-corrected chi connectivity index (χ3v) is 7.84. The number of carbonyl (C=O) groups excluding carboxylic acids is 1. The van der Waals surface area contributed by atoms with E-state index >= 15 is 0 Å². The van der Waals surface area contributed by atoms with Crippen LogP contribution in [0.15, 0.2) is 127 Å². The minimum absolute atomic E-state index is 0.0617. The fraction of sp³-hybridized carbons (Fsp3) is 0.139. The van der Waals surface area contributed by atoms with Gasteiger partial charge in [0.25, 0.3) is 0 Å². The molecule has 0 heterocycles. The first-order valence-corrected chi connectivity index (χ1v) is 14.4. The monoisotopic (exact) mass is 590 g/mol. The Balaban J connectivity index is 1.58. The molecule has 0 spiro atoms. The molecular weight excluding hydrogens is 560 g/mol. The SMILES string of the molecule is CCC(Br)C(=O)c1ccc(-c2ccccc2OCc2ccccc2)c(-c2ccccc2OCc2ccccc2)c1. The number of halogens is 1. The average molecular weight is 592 g/mol. The number of benzene rings is 5. The normalized spacial score (nSPS) is 11.6. The van der Waals surface area contributed by atoms with Gasteiger partial charge in [0.1, 0.15) is 24.7 Å². The first kappa shape index (κ1) is 27.4. The zero-order chi connectivity index (χ0) is 27.7. The molecule has 0 bridgehead atoms. The summed E-state index contributed by atoms with van der Waals surface area (Å²) in [5.74, 6) is 1.60. The van der Waals surface area contributed by atoms with Crippen LogP contribution in [0.5, 0.6) is 11.5 Å². The molecule has 0 saturated carbocycles. The summed E-state index contributed by atoms with van der Waals surface area (Å²) in [6.45, 7) is 2.91. The second-order valence-electron chi connectivity index (χ2n) is 9.54. The number of alkyl halides is 1. The third-order valence-electron chi connectivity index (χ3n) is 6.78. The van der Waals surface area contributed by atoms with Crippen molar-refractivity contribution in [2.45, 2.75) is 31.4 Å². The molecular formula is C36H31BrO3. The second-order valence-corrected chi connectivity index (χ2v) is 10.6. The lowest BCUT2D eigenvalue weighted by atomic mass is 9.90. The summed E-state index contributed by atoms with van der Waals surface area (Å²) < 4.78 is 12.7. The Morgan fingerprint density at radius 3 is 1.60 bits per heavy atom. The summed E-state index contributed by atoms with van der Waals surface area (Å²) in [6, 6.07) is 42.2. The topological polar surface area (TPSA) is 35.5 Å². The van der Waals surface area contributed by atoms with Gasteiger partial charge in [0.15, 0.2) is 5.78 Å². The maximum atomic E-state index is 13.2. The van der Waals surface area contributed by atoms with Crippen molar-refractivity contribution in [3.05, 3.63) is 144 Å². The number of ketones is 1. The van der Waals surface area contributed by atoms with E-state index < -0.39 is 0 Å². The van der Waals surface area contributed by atoms with Crippen LogP contribution in [0, 0.1) is 0 Å². The molecule has 0 saturated heterocycles.